The fourth-order valence-corrected chi connectivity index (χ4v) is 0. The zero-order chi connectivity index (χ0) is 4.28. The van der Waals surface area contributed by atoms with E-state index < -0.39 is 5.97 Å². The van der Waals surface area contributed by atoms with Gasteiger partial charge in [-0.05, 0) is 0 Å². The van der Waals surface area contributed by atoms with Crippen LogP contribution in [-0.2, 0) is 4.79 Å². The van der Waals surface area contributed by atoms with Crippen molar-refractivity contribution < 1.29 is 9.90 Å². The zero-order valence-corrected chi connectivity index (χ0v) is 2.93. The summed E-state index contributed by atoms with van der Waals surface area (Å²) < 4.78 is 0. The average Bonchev–Trinajstić information content (AvgIpc) is 1.38. The van der Waals surface area contributed by atoms with E-state index in [-0.39, 0.29) is 0 Å². The highest BCUT2D eigenvalue weighted by Crippen LogP contribution is 1.64. The van der Waals surface area contributed by atoms with E-state index in [1.165, 1.54) is 6.92 Å². The predicted octanol–water partition coefficient (Wildman–Crippen LogP) is 0.295. The Labute approximate surface area is 30.4 Å². The number of rotatable bonds is 1. The van der Waals surface area contributed by atoms with Crippen molar-refractivity contribution >= 4 is 5.97 Å². The van der Waals surface area contributed by atoms with Gasteiger partial charge in [-0.3, -0.25) is 0 Å². The van der Waals surface area contributed by atoms with Crippen LogP contribution in [-0.4, -0.2) is 11.1 Å². The Morgan fingerprint density at radius 3 is 2.20 bits per heavy atom. The van der Waals surface area contributed by atoms with Crippen LogP contribution in [0.4, 0.5) is 0 Å². The van der Waals surface area contributed by atoms with Crippen molar-refractivity contribution in [2.45, 2.75) is 6.92 Å². The quantitative estimate of drug-likeness (QED) is 0.453. The molecule has 0 aromatic carbocycles. The molecule has 2 nitrogen and oxygen atoms in total. The van der Waals surface area contributed by atoms with Gasteiger partial charge in [0.25, 0.3) is 0 Å². The molecule has 0 rings (SSSR count). The van der Waals surface area contributed by atoms with Crippen molar-refractivity contribution in [1.82, 2.24) is 0 Å². The Morgan fingerprint density at radius 2 is 2.20 bits per heavy atom. The van der Waals surface area contributed by atoms with Crippen LogP contribution >= 0.6 is 0 Å². The number of carboxylic acids is 1. The van der Waals surface area contributed by atoms with Crippen LogP contribution < -0.4 is 0 Å². The molecule has 0 saturated carbocycles. The standard InChI is InChI=1S/C3H4O2/c1-2-3(4)5/h2H,1H3/p+1. The first-order valence-electron chi connectivity index (χ1n) is 1.29. The SMILES string of the molecule is C[CH+]C(=O)O. The van der Waals surface area contributed by atoms with Gasteiger partial charge in [-0.15, -0.1) is 0 Å². The van der Waals surface area contributed by atoms with Crippen molar-refractivity contribution in [3.8, 4) is 0 Å². The minimum absolute atomic E-state index is 0.870. The fourth-order valence-electron chi connectivity index (χ4n) is 0. The highest BCUT2D eigenvalue weighted by molar-refractivity contribution is 5.75. The average molecular weight is 73.1 g/mol. The molecule has 0 atom stereocenters. The van der Waals surface area contributed by atoms with Crippen LogP contribution in [0.1, 0.15) is 6.92 Å². The summed E-state index contributed by atoms with van der Waals surface area (Å²) in [5.74, 6) is -0.870. The maximum Gasteiger partial charge on any atom is 0.493 e. The van der Waals surface area contributed by atoms with Crippen LogP contribution in [0.15, 0.2) is 0 Å². The Bertz CT molecular complexity index is 40.2. The molecule has 0 amide bonds. The van der Waals surface area contributed by atoms with Crippen LogP contribution in [0.25, 0.3) is 0 Å². The molecule has 1 N–H and O–H groups in total. The first kappa shape index (κ1) is 4.34. The lowest BCUT2D eigenvalue weighted by atomic mass is 10.5. The van der Waals surface area contributed by atoms with E-state index >= 15 is 0 Å². The molecule has 0 aliphatic heterocycles. The van der Waals surface area contributed by atoms with Crippen LogP contribution in [0.2, 0.25) is 0 Å². The van der Waals surface area contributed by atoms with E-state index in [9.17, 15) is 4.79 Å². The summed E-state index contributed by atoms with van der Waals surface area (Å²) in [6.45, 7) is 1.47. The van der Waals surface area contributed by atoms with Crippen LogP contribution in [0.5, 0.6) is 0 Å². The summed E-state index contributed by atoms with van der Waals surface area (Å²) in [6, 6.07) is 0. The monoisotopic (exact) mass is 73.0 g/mol. The smallest absolute Gasteiger partial charge is 0.445 e. The third-order valence-electron chi connectivity index (χ3n) is 0.247. The van der Waals surface area contributed by atoms with Gasteiger partial charge in [0.15, 0.2) is 6.42 Å². The van der Waals surface area contributed by atoms with E-state index in [1.807, 2.05) is 0 Å². The number of aliphatic carboxylic acids is 1. The van der Waals surface area contributed by atoms with E-state index in [2.05, 4.69) is 0 Å². The van der Waals surface area contributed by atoms with Gasteiger partial charge < -0.3 is 5.11 Å². The zero-order valence-electron chi connectivity index (χ0n) is 2.93. The first-order valence-corrected chi connectivity index (χ1v) is 1.29. The molecular formula is C3H5O2+. The number of hydrogen-bond acceptors (Lipinski definition) is 1. The maximum absolute atomic E-state index is 9.31. The maximum atomic E-state index is 9.31. The molecule has 0 aliphatic carbocycles. The third kappa shape index (κ3) is 3.34. The molecule has 0 heterocycles. The molecule has 0 aromatic rings. The Balaban J connectivity index is 2.85. The van der Waals surface area contributed by atoms with E-state index in [0.29, 0.717) is 0 Å². The van der Waals surface area contributed by atoms with Crippen molar-refractivity contribution in [2.24, 2.45) is 0 Å². The van der Waals surface area contributed by atoms with Gasteiger partial charge in [-0.1, -0.05) is 0 Å². The number of hydrogen-bond donors (Lipinski definition) is 1. The molecular weight excluding hydrogens is 68.0 g/mol. The van der Waals surface area contributed by atoms with Gasteiger partial charge >= 0.3 is 5.97 Å². The number of carbonyl (C=O) groups is 1. The fraction of sp³-hybridized carbons (Fsp3) is 0.333. The second kappa shape index (κ2) is 1.64. The number of carboxylic acid groups (broad SMARTS) is 1. The summed E-state index contributed by atoms with van der Waals surface area (Å²) in [7, 11) is 0. The van der Waals surface area contributed by atoms with Gasteiger partial charge in [0, 0.05) is 0 Å². The van der Waals surface area contributed by atoms with Crippen molar-refractivity contribution in [3.05, 3.63) is 6.42 Å². The summed E-state index contributed by atoms with van der Waals surface area (Å²) in [5.41, 5.74) is 0. The normalized spacial score (nSPS) is 6.60. The highest BCUT2D eigenvalue weighted by atomic mass is 16.4. The van der Waals surface area contributed by atoms with Gasteiger partial charge in [0.1, 0.15) is 0 Å². The lowest BCUT2D eigenvalue weighted by Gasteiger charge is -1.59. The van der Waals surface area contributed by atoms with E-state index in [0.717, 1.165) is 6.42 Å². The van der Waals surface area contributed by atoms with Crippen molar-refractivity contribution in [3.63, 3.8) is 0 Å². The summed E-state index contributed by atoms with van der Waals surface area (Å²) in [4.78, 5) is 9.31. The second-order valence-electron chi connectivity index (χ2n) is 0.627. The summed E-state index contributed by atoms with van der Waals surface area (Å²) in [5, 5.41) is 7.67. The summed E-state index contributed by atoms with van der Waals surface area (Å²) in [6.07, 6.45) is 1.08. The Hall–Kier alpha value is -0.660. The molecule has 2 heteroatoms. The van der Waals surface area contributed by atoms with Crippen molar-refractivity contribution in [2.75, 3.05) is 0 Å². The minimum Gasteiger partial charge on any atom is -0.445 e. The highest BCUT2D eigenvalue weighted by Gasteiger charge is 1.96. The second-order valence-corrected chi connectivity index (χ2v) is 0.627. The molecule has 28 valence electrons. The summed E-state index contributed by atoms with van der Waals surface area (Å²) >= 11 is 0. The Kier molecular flexibility index (Phi) is 1.42. The minimum atomic E-state index is -0.870. The predicted molar refractivity (Wildman–Crippen MR) is 17.6 cm³/mol. The van der Waals surface area contributed by atoms with Crippen LogP contribution in [0, 0.1) is 6.42 Å². The van der Waals surface area contributed by atoms with E-state index in [1.54, 1.807) is 0 Å². The van der Waals surface area contributed by atoms with Gasteiger partial charge in [0.05, 0.1) is 6.92 Å². The molecule has 0 spiro atoms. The Morgan fingerprint density at radius 1 is 2.00 bits per heavy atom. The van der Waals surface area contributed by atoms with Crippen LogP contribution in [0.3, 0.4) is 0 Å². The molecule has 0 aromatic heterocycles. The molecule has 5 heavy (non-hydrogen) atoms. The van der Waals surface area contributed by atoms with Gasteiger partial charge in [-0.25, -0.2) is 0 Å². The largest absolute Gasteiger partial charge is 0.493 e. The molecule has 0 saturated heterocycles. The molecule has 0 aliphatic rings. The molecule has 0 bridgehead atoms. The lowest BCUT2D eigenvalue weighted by molar-refractivity contribution is -0.132. The first-order chi connectivity index (χ1) is 2.27. The molecule has 0 unspecified atom stereocenters. The molecule has 0 fully saturated rings. The third-order valence-corrected chi connectivity index (χ3v) is 0.247. The molecule has 0 radical (unpaired) electrons. The van der Waals surface area contributed by atoms with Crippen molar-refractivity contribution in [1.29, 1.82) is 0 Å². The van der Waals surface area contributed by atoms with Gasteiger partial charge in [-0.2, -0.15) is 4.79 Å². The van der Waals surface area contributed by atoms with Gasteiger partial charge in [0.2, 0.25) is 0 Å². The lowest BCUT2D eigenvalue weighted by Crippen LogP contribution is -1.88. The van der Waals surface area contributed by atoms with E-state index in [4.69, 9.17) is 5.11 Å². The topological polar surface area (TPSA) is 37.3 Å².